The molecule has 0 fully saturated rings. The van der Waals surface area contributed by atoms with Gasteiger partial charge in [-0.25, -0.2) is 4.39 Å². The molecule has 3 N–H and O–H groups in total. The number of amides is 2. The Morgan fingerprint density at radius 2 is 1.84 bits per heavy atom. The maximum atomic E-state index is 13.7. The van der Waals surface area contributed by atoms with Crippen molar-refractivity contribution in [2.24, 2.45) is 0 Å². The van der Waals surface area contributed by atoms with Gasteiger partial charge in [0.2, 0.25) is 11.8 Å². The molecule has 25 heavy (non-hydrogen) atoms. The first kappa shape index (κ1) is 18.7. The van der Waals surface area contributed by atoms with Crippen LogP contribution >= 0.6 is 11.6 Å². The number of anilines is 3. The van der Waals surface area contributed by atoms with E-state index in [0.717, 1.165) is 5.56 Å². The van der Waals surface area contributed by atoms with Crippen molar-refractivity contribution in [3.63, 3.8) is 0 Å². The molecule has 2 amide bonds. The van der Waals surface area contributed by atoms with Crippen LogP contribution in [-0.4, -0.2) is 17.9 Å². The van der Waals surface area contributed by atoms with Crippen molar-refractivity contribution in [3.05, 3.63) is 52.8 Å². The number of carbonyl (C=O) groups is 2. The van der Waals surface area contributed by atoms with E-state index in [-0.39, 0.29) is 17.5 Å². The largest absolute Gasteiger partial charge is 0.374 e. The summed E-state index contributed by atoms with van der Waals surface area (Å²) < 4.78 is 13.7. The van der Waals surface area contributed by atoms with Crippen LogP contribution in [0.4, 0.5) is 21.5 Å². The van der Waals surface area contributed by atoms with Gasteiger partial charge in [0, 0.05) is 23.3 Å². The fourth-order valence-corrected chi connectivity index (χ4v) is 2.37. The minimum Gasteiger partial charge on any atom is -0.374 e. The lowest BCUT2D eigenvalue weighted by Crippen LogP contribution is -2.32. The number of nitrogens with one attached hydrogen (secondary N) is 3. The van der Waals surface area contributed by atoms with Crippen molar-refractivity contribution < 1.29 is 14.0 Å². The zero-order chi connectivity index (χ0) is 18.6. The fraction of sp³-hybridized carbons (Fsp3) is 0.222. The van der Waals surface area contributed by atoms with Crippen molar-refractivity contribution in [2.45, 2.75) is 26.8 Å². The van der Waals surface area contributed by atoms with Crippen LogP contribution in [0.2, 0.25) is 5.02 Å². The van der Waals surface area contributed by atoms with Gasteiger partial charge < -0.3 is 16.0 Å². The average molecular weight is 364 g/mol. The zero-order valence-electron chi connectivity index (χ0n) is 14.1. The molecule has 2 aromatic carbocycles. The standard InChI is InChI=1S/C18H19ClFN3O2/c1-10-14(19)5-4-6-16(10)23-18(25)11(2)21-13-7-8-15(20)17(9-13)22-12(3)24/h4-9,11,21H,1-3H3,(H,22,24)(H,23,25)/t11-/m0/s1. The Bertz CT molecular complexity index is 811. The highest BCUT2D eigenvalue weighted by atomic mass is 35.5. The van der Waals surface area contributed by atoms with E-state index >= 15 is 0 Å². The average Bonchev–Trinajstić information content (AvgIpc) is 2.54. The summed E-state index contributed by atoms with van der Waals surface area (Å²) in [5.41, 5.74) is 1.97. The molecule has 132 valence electrons. The van der Waals surface area contributed by atoms with E-state index in [2.05, 4.69) is 16.0 Å². The maximum Gasteiger partial charge on any atom is 0.246 e. The summed E-state index contributed by atoms with van der Waals surface area (Å²) in [6.45, 7) is 4.79. The Balaban J connectivity index is 2.08. The molecule has 0 bridgehead atoms. The van der Waals surface area contributed by atoms with E-state index in [0.29, 0.717) is 16.4 Å². The molecule has 0 unspecified atom stereocenters. The van der Waals surface area contributed by atoms with Gasteiger partial charge in [0.15, 0.2) is 0 Å². The van der Waals surface area contributed by atoms with E-state index in [1.807, 2.05) is 6.92 Å². The first-order valence-corrected chi connectivity index (χ1v) is 8.05. The summed E-state index contributed by atoms with van der Waals surface area (Å²) in [4.78, 5) is 23.4. The Morgan fingerprint density at radius 3 is 2.52 bits per heavy atom. The third kappa shape index (κ3) is 4.93. The highest BCUT2D eigenvalue weighted by Crippen LogP contribution is 2.24. The first-order chi connectivity index (χ1) is 11.8. The third-order valence-corrected chi connectivity index (χ3v) is 3.99. The normalized spacial score (nSPS) is 11.6. The first-order valence-electron chi connectivity index (χ1n) is 7.67. The molecule has 0 saturated heterocycles. The summed E-state index contributed by atoms with van der Waals surface area (Å²) in [7, 11) is 0. The Morgan fingerprint density at radius 1 is 1.12 bits per heavy atom. The van der Waals surface area contributed by atoms with E-state index in [4.69, 9.17) is 11.6 Å². The summed E-state index contributed by atoms with van der Waals surface area (Å²) >= 11 is 6.04. The molecule has 0 aliphatic heterocycles. The molecule has 5 nitrogen and oxygen atoms in total. The number of hydrogen-bond donors (Lipinski definition) is 3. The van der Waals surface area contributed by atoms with Gasteiger partial charge in [0.1, 0.15) is 11.9 Å². The van der Waals surface area contributed by atoms with Crippen LogP contribution in [0.1, 0.15) is 19.4 Å². The fourth-order valence-electron chi connectivity index (χ4n) is 2.20. The van der Waals surface area contributed by atoms with Crippen molar-refractivity contribution in [1.29, 1.82) is 0 Å². The van der Waals surface area contributed by atoms with Gasteiger partial charge in [-0.1, -0.05) is 17.7 Å². The van der Waals surface area contributed by atoms with Crippen LogP contribution in [-0.2, 0) is 9.59 Å². The number of benzene rings is 2. The zero-order valence-corrected chi connectivity index (χ0v) is 14.9. The molecule has 0 saturated carbocycles. The van der Waals surface area contributed by atoms with Gasteiger partial charge >= 0.3 is 0 Å². The number of rotatable bonds is 5. The maximum absolute atomic E-state index is 13.7. The smallest absolute Gasteiger partial charge is 0.246 e. The van der Waals surface area contributed by atoms with Crippen molar-refractivity contribution >= 4 is 40.5 Å². The number of halogens is 2. The van der Waals surface area contributed by atoms with E-state index < -0.39 is 11.9 Å². The third-order valence-electron chi connectivity index (χ3n) is 3.58. The molecule has 0 aliphatic rings. The lowest BCUT2D eigenvalue weighted by Gasteiger charge is -2.17. The minimum absolute atomic E-state index is 0.0517. The van der Waals surface area contributed by atoms with Gasteiger partial charge in [-0.15, -0.1) is 0 Å². The van der Waals surface area contributed by atoms with Gasteiger partial charge in [0.05, 0.1) is 5.69 Å². The molecular formula is C18H19ClFN3O2. The SMILES string of the molecule is CC(=O)Nc1cc(N[C@@H](C)C(=O)Nc2cccc(Cl)c2C)ccc1F. The quantitative estimate of drug-likeness (QED) is 0.746. The Labute approximate surface area is 150 Å². The second-order valence-corrected chi connectivity index (χ2v) is 6.05. The molecule has 0 aliphatic carbocycles. The lowest BCUT2D eigenvalue weighted by molar-refractivity contribution is -0.116. The predicted octanol–water partition coefficient (Wildman–Crippen LogP) is 4.19. The number of carbonyl (C=O) groups excluding carboxylic acids is 2. The van der Waals surface area contributed by atoms with Crippen molar-refractivity contribution in [1.82, 2.24) is 0 Å². The molecule has 0 aromatic heterocycles. The molecule has 0 spiro atoms. The van der Waals surface area contributed by atoms with E-state index in [1.54, 1.807) is 25.1 Å². The van der Waals surface area contributed by atoms with Crippen LogP contribution in [0.25, 0.3) is 0 Å². The summed E-state index contributed by atoms with van der Waals surface area (Å²) in [6.07, 6.45) is 0. The van der Waals surface area contributed by atoms with Crippen LogP contribution in [0, 0.1) is 12.7 Å². The van der Waals surface area contributed by atoms with Crippen LogP contribution in [0.15, 0.2) is 36.4 Å². The topological polar surface area (TPSA) is 70.2 Å². The Hall–Kier alpha value is -2.60. The van der Waals surface area contributed by atoms with Gasteiger partial charge in [-0.05, 0) is 49.7 Å². The number of hydrogen-bond acceptors (Lipinski definition) is 3. The Kier molecular flexibility index (Phi) is 5.98. The van der Waals surface area contributed by atoms with Crippen LogP contribution < -0.4 is 16.0 Å². The second kappa shape index (κ2) is 7.98. The van der Waals surface area contributed by atoms with Gasteiger partial charge in [0.25, 0.3) is 0 Å². The summed E-state index contributed by atoms with van der Waals surface area (Å²) in [6, 6.07) is 8.83. The summed E-state index contributed by atoms with van der Waals surface area (Å²) in [5, 5.41) is 8.74. The minimum atomic E-state index is -0.589. The molecule has 0 heterocycles. The van der Waals surface area contributed by atoms with Crippen molar-refractivity contribution in [2.75, 3.05) is 16.0 Å². The predicted molar refractivity (Wildman–Crippen MR) is 98.6 cm³/mol. The van der Waals surface area contributed by atoms with E-state index in [9.17, 15) is 14.0 Å². The lowest BCUT2D eigenvalue weighted by atomic mass is 10.2. The van der Waals surface area contributed by atoms with Crippen LogP contribution in [0.5, 0.6) is 0 Å². The molecular weight excluding hydrogens is 345 g/mol. The summed E-state index contributed by atoms with van der Waals surface area (Å²) in [5.74, 6) is -1.19. The highest BCUT2D eigenvalue weighted by molar-refractivity contribution is 6.31. The second-order valence-electron chi connectivity index (χ2n) is 5.64. The van der Waals surface area contributed by atoms with Crippen LogP contribution in [0.3, 0.4) is 0 Å². The van der Waals surface area contributed by atoms with Gasteiger partial charge in [-0.2, -0.15) is 0 Å². The van der Waals surface area contributed by atoms with E-state index in [1.165, 1.54) is 25.1 Å². The molecule has 1 atom stereocenters. The molecule has 2 aromatic rings. The van der Waals surface area contributed by atoms with Gasteiger partial charge in [-0.3, -0.25) is 9.59 Å². The molecule has 0 radical (unpaired) electrons. The van der Waals surface area contributed by atoms with Crippen molar-refractivity contribution in [3.8, 4) is 0 Å². The molecule has 7 heteroatoms. The molecule has 2 rings (SSSR count). The highest BCUT2D eigenvalue weighted by Gasteiger charge is 2.15. The monoisotopic (exact) mass is 363 g/mol.